The molecule has 0 saturated carbocycles. The lowest BCUT2D eigenvalue weighted by molar-refractivity contribution is -0.118. The molecule has 1 aliphatic rings. The fourth-order valence-electron chi connectivity index (χ4n) is 2.90. The average molecular weight is 379 g/mol. The van der Waals surface area contributed by atoms with E-state index < -0.39 is 10.0 Å². The van der Waals surface area contributed by atoms with Gasteiger partial charge >= 0.3 is 0 Å². The molecule has 0 saturated heterocycles. The molecule has 7 heteroatoms. The first-order chi connectivity index (χ1) is 11.9. The van der Waals surface area contributed by atoms with Crippen LogP contribution in [-0.2, 0) is 27.7 Å². The van der Waals surface area contributed by atoms with Crippen molar-refractivity contribution < 1.29 is 13.2 Å². The largest absolute Gasteiger partial charge is 0.315 e. The highest BCUT2D eigenvalue weighted by Gasteiger charge is 2.21. The van der Waals surface area contributed by atoms with E-state index in [1.54, 1.807) is 36.2 Å². The number of nitrogens with zero attached hydrogens (tertiary/aromatic N) is 1. The monoisotopic (exact) mass is 378 g/mol. The van der Waals surface area contributed by atoms with Gasteiger partial charge in [-0.15, -0.1) is 0 Å². The number of halogens is 1. The van der Waals surface area contributed by atoms with E-state index in [0.29, 0.717) is 30.0 Å². The summed E-state index contributed by atoms with van der Waals surface area (Å²) in [5, 5.41) is 0.569. The Morgan fingerprint density at radius 1 is 1.16 bits per heavy atom. The van der Waals surface area contributed by atoms with Gasteiger partial charge in [0.2, 0.25) is 15.9 Å². The van der Waals surface area contributed by atoms with Crippen LogP contribution in [0.5, 0.6) is 0 Å². The maximum Gasteiger partial charge on any atom is 0.233 e. The molecule has 1 heterocycles. The zero-order valence-electron chi connectivity index (χ0n) is 13.8. The van der Waals surface area contributed by atoms with Gasteiger partial charge in [-0.3, -0.25) is 9.52 Å². The van der Waals surface area contributed by atoms with Gasteiger partial charge in [0.15, 0.2) is 0 Å². The van der Waals surface area contributed by atoms with Gasteiger partial charge in [-0.1, -0.05) is 29.8 Å². The fraction of sp³-hybridized carbons (Fsp3) is 0.278. The topological polar surface area (TPSA) is 66.5 Å². The van der Waals surface area contributed by atoms with Gasteiger partial charge < -0.3 is 4.90 Å². The van der Waals surface area contributed by atoms with E-state index in [1.807, 2.05) is 18.2 Å². The third kappa shape index (κ3) is 4.14. The van der Waals surface area contributed by atoms with Gasteiger partial charge in [0.05, 0.1) is 5.75 Å². The summed E-state index contributed by atoms with van der Waals surface area (Å²) in [5.74, 6) is 0.0206. The van der Waals surface area contributed by atoms with E-state index in [-0.39, 0.29) is 11.7 Å². The molecule has 1 amide bonds. The Hall–Kier alpha value is -2.05. The third-order valence-corrected chi connectivity index (χ3v) is 5.95. The molecule has 0 radical (unpaired) electrons. The van der Waals surface area contributed by atoms with Crippen LogP contribution in [-0.4, -0.2) is 27.1 Å². The highest BCUT2D eigenvalue weighted by Crippen LogP contribution is 2.29. The van der Waals surface area contributed by atoms with E-state index in [1.165, 1.54) is 0 Å². The lowest BCUT2D eigenvalue weighted by Gasteiger charge is -2.26. The number of carbonyl (C=O) groups is 1. The quantitative estimate of drug-likeness (QED) is 0.868. The van der Waals surface area contributed by atoms with Crippen LogP contribution >= 0.6 is 11.6 Å². The minimum atomic E-state index is -3.49. The molecular formula is C18H19ClN2O3S. The van der Waals surface area contributed by atoms with Crippen molar-refractivity contribution in [3.05, 3.63) is 58.6 Å². The highest BCUT2D eigenvalue weighted by atomic mass is 35.5. The maximum absolute atomic E-state index is 12.4. The summed E-state index contributed by atoms with van der Waals surface area (Å²) in [4.78, 5) is 13.3. The van der Waals surface area contributed by atoms with Crippen molar-refractivity contribution >= 4 is 38.9 Å². The zero-order chi connectivity index (χ0) is 18.0. The molecule has 1 aliphatic heterocycles. The van der Waals surface area contributed by atoms with E-state index >= 15 is 0 Å². The third-order valence-electron chi connectivity index (χ3n) is 4.29. The van der Waals surface area contributed by atoms with E-state index in [4.69, 9.17) is 11.6 Å². The predicted octanol–water partition coefficient (Wildman–Crippen LogP) is 3.23. The summed E-state index contributed by atoms with van der Waals surface area (Å²) in [7, 11) is -1.76. The molecule has 2 aromatic carbocycles. The van der Waals surface area contributed by atoms with Crippen LogP contribution in [0.3, 0.4) is 0 Å². The summed E-state index contributed by atoms with van der Waals surface area (Å²) in [6.07, 6.45) is 1.40. The maximum atomic E-state index is 12.4. The summed E-state index contributed by atoms with van der Waals surface area (Å²) < 4.78 is 27.3. The molecule has 132 valence electrons. The minimum Gasteiger partial charge on any atom is -0.315 e. The van der Waals surface area contributed by atoms with Crippen molar-refractivity contribution in [2.24, 2.45) is 0 Å². The SMILES string of the molecule is CN1C(=O)CCc2cc(NS(=O)(=O)CCc3ccccc3Cl)ccc21. The zero-order valence-corrected chi connectivity index (χ0v) is 15.4. The van der Waals surface area contributed by atoms with E-state index in [0.717, 1.165) is 16.8 Å². The summed E-state index contributed by atoms with van der Waals surface area (Å²) >= 11 is 6.07. The number of aryl methyl sites for hydroxylation is 2. The van der Waals surface area contributed by atoms with Crippen molar-refractivity contribution in [2.45, 2.75) is 19.3 Å². The number of rotatable bonds is 5. The summed E-state index contributed by atoms with van der Waals surface area (Å²) in [6.45, 7) is 0. The van der Waals surface area contributed by atoms with Gasteiger partial charge in [0.25, 0.3) is 0 Å². The van der Waals surface area contributed by atoms with Gasteiger partial charge in [0.1, 0.15) is 0 Å². The molecule has 0 fully saturated rings. The van der Waals surface area contributed by atoms with Crippen LogP contribution in [0.25, 0.3) is 0 Å². The van der Waals surface area contributed by atoms with Crippen molar-refractivity contribution in [1.29, 1.82) is 0 Å². The molecule has 0 bridgehead atoms. The Morgan fingerprint density at radius 3 is 2.68 bits per heavy atom. The smallest absolute Gasteiger partial charge is 0.233 e. The molecule has 2 aromatic rings. The lowest BCUT2D eigenvalue weighted by Crippen LogP contribution is -2.31. The van der Waals surface area contributed by atoms with Crippen LogP contribution < -0.4 is 9.62 Å². The molecule has 0 unspecified atom stereocenters. The fourth-order valence-corrected chi connectivity index (χ4v) is 4.20. The van der Waals surface area contributed by atoms with Crippen molar-refractivity contribution in [1.82, 2.24) is 0 Å². The number of nitrogens with one attached hydrogen (secondary N) is 1. The van der Waals surface area contributed by atoms with Crippen LogP contribution in [0.15, 0.2) is 42.5 Å². The molecular weight excluding hydrogens is 360 g/mol. The van der Waals surface area contributed by atoms with E-state index in [2.05, 4.69) is 4.72 Å². The first kappa shape index (κ1) is 17.8. The van der Waals surface area contributed by atoms with Gasteiger partial charge in [-0.25, -0.2) is 8.42 Å². The summed E-state index contributed by atoms with van der Waals surface area (Å²) in [6, 6.07) is 12.5. The standard InChI is InChI=1S/C18H19ClN2O3S/c1-21-17-8-7-15(12-14(17)6-9-18(21)22)20-25(23,24)11-10-13-4-2-3-5-16(13)19/h2-5,7-8,12,20H,6,9-11H2,1H3. The molecule has 0 aromatic heterocycles. The van der Waals surface area contributed by atoms with Gasteiger partial charge in [-0.05, 0) is 48.2 Å². The number of sulfonamides is 1. The molecule has 5 nitrogen and oxygen atoms in total. The first-order valence-corrected chi connectivity index (χ1v) is 10.0. The van der Waals surface area contributed by atoms with E-state index in [9.17, 15) is 13.2 Å². The minimum absolute atomic E-state index is 0.0494. The number of benzene rings is 2. The van der Waals surface area contributed by atoms with Crippen LogP contribution in [0.1, 0.15) is 17.5 Å². The lowest BCUT2D eigenvalue weighted by atomic mass is 10.0. The second kappa shape index (κ2) is 7.06. The Labute approximate surface area is 152 Å². The molecule has 25 heavy (non-hydrogen) atoms. The Balaban J connectivity index is 1.71. The van der Waals surface area contributed by atoms with Gasteiger partial charge in [-0.2, -0.15) is 0 Å². The Bertz CT molecular complexity index is 912. The molecule has 3 rings (SSSR count). The number of hydrogen-bond acceptors (Lipinski definition) is 3. The summed E-state index contributed by atoms with van der Waals surface area (Å²) in [5.41, 5.74) is 3.12. The predicted molar refractivity (Wildman–Crippen MR) is 101 cm³/mol. The number of anilines is 2. The van der Waals surface area contributed by atoms with Crippen LogP contribution in [0.2, 0.25) is 5.02 Å². The molecule has 0 spiro atoms. The molecule has 0 atom stereocenters. The molecule has 1 N–H and O–H groups in total. The highest BCUT2D eigenvalue weighted by molar-refractivity contribution is 7.92. The van der Waals surface area contributed by atoms with Crippen molar-refractivity contribution in [3.63, 3.8) is 0 Å². The number of carbonyl (C=O) groups excluding carboxylic acids is 1. The first-order valence-electron chi connectivity index (χ1n) is 7.99. The van der Waals surface area contributed by atoms with Crippen molar-refractivity contribution in [3.8, 4) is 0 Å². The number of fused-ring (bicyclic) bond motifs is 1. The van der Waals surface area contributed by atoms with Crippen LogP contribution in [0, 0.1) is 0 Å². The Kier molecular flexibility index (Phi) is 5.01. The Morgan fingerprint density at radius 2 is 1.92 bits per heavy atom. The average Bonchev–Trinajstić information content (AvgIpc) is 2.57. The van der Waals surface area contributed by atoms with Crippen LogP contribution in [0.4, 0.5) is 11.4 Å². The second-order valence-corrected chi connectivity index (χ2v) is 8.31. The normalized spacial score (nSPS) is 14.3. The van der Waals surface area contributed by atoms with Gasteiger partial charge in [0, 0.05) is 29.9 Å². The number of hydrogen-bond donors (Lipinski definition) is 1. The van der Waals surface area contributed by atoms with Crippen molar-refractivity contribution in [2.75, 3.05) is 22.4 Å². The second-order valence-electron chi connectivity index (χ2n) is 6.06. The number of amides is 1. The molecule has 0 aliphatic carbocycles.